The third kappa shape index (κ3) is 3.24. The maximum atomic E-state index is 12.0. The highest BCUT2D eigenvalue weighted by Gasteiger charge is 2.23. The van der Waals surface area contributed by atoms with Gasteiger partial charge in [-0.1, -0.05) is 6.07 Å². The van der Waals surface area contributed by atoms with Crippen molar-refractivity contribution >= 4 is 43.8 Å². The summed E-state index contributed by atoms with van der Waals surface area (Å²) in [4.78, 5) is 20.2. The first-order chi connectivity index (χ1) is 14.1. The molecule has 29 heavy (non-hydrogen) atoms. The quantitative estimate of drug-likeness (QED) is 0.453. The Morgan fingerprint density at radius 3 is 2.97 bits per heavy atom. The number of hydrogen-bond donors (Lipinski definition) is 1. The van der Waals surface area contributed by atoms with E-state index >= 15 is 0 Å². The van der Waals surface area contributed by atoms with Crippen LogP contribution in [0.4, 0.5) is 0 Å². The number of nitrogens with zero attached hydrogens (tertiary/aromatic N) is 2. The summed E-state index contributed by atoms with van der Waals surface area (Å²) >= 11 is 3.60. The smallest absolute Gasteiger partial charge is 0.337 e. The van der Waals surface area contributed by atoms with Crippen molar-refractivity contribution in [1.29, 1.82) is 0 Å². The van der Waals surface area contributed by atoms with E-state index in [2.05, 4.69) is 43.7 Å². The number of nitrogens with one attached hydrogen (secondary N) is 1. The molecule has 2 aromatic carbocycles. The van der Waals surface area contributed by atoms with Crippen LogP contribution in [-0.2, 0) is 22.4 Å². The number of halogens is 1. The fourth-order valence-corrected chi connectivity index (χ4v) is 4.35. The van der Waals surface area contributed by atoms with Crippen LogP contribution in [0.5, 0.6) is 0 Å². The molecule has 1 fully saturated rings. The lowest BCUT2D eigenvalue weighted by Gasteiger charge is -2.27. The number of aromatic amines is 1. The van der Waals surface area contributed by atoms with E-state index in [0.29, 0.717) is 12.0 Å². The van der Waals surface area contributed by atoms with E-state index in [9.17, 15) is 4.79 Å². The van der Waals surface area contributed by atoms with Gasteiger partial charge in [0.05, 0.1) is 41.9 Å². The van der Waals surface area contributed by atoms with Gasteiger partial charge in [-0.3, -0.25) is 0 Å². The summed E-state index contributed by atoms with van der Waals surface area (Å²) in [6.45, 7) is 1.53. The van der Waals surface area contributed by atoms with E-state index in [1.165, 1.54) is 18.1 Å². The van der Waals surface area contributed by atoms with Gasteiger partial charge in [0.1, 0.15) is 5.82 Å². The topological polar surface area (TPSA) is 69.1 Å². The zero-order valence-corrected chi connectivity index (χ0v) is 17.5. The maximum absolute atomic E-state index is 12.0. The van der Waals surface area contributed by atoms with E-state index in [-0.39, 0.29) is 12.1 Å². The number of carbonyl (C=O) groups is 1. The van der Waals surface area contributed by atoms with Crippen LogP contribution >= 0.6 is 15.9 Å². The number of benzene rings is 2. The van der Waals surface area contributed by atoms with Crippen molar-refractivity contribution < 1.29 is 14.3 Å². The predicted octanol–water partition coefficient (Wildman–Crippen LogP) is 4.45. The lowest BCUT2D eigenvalue weighted by atomic mass is 10.1. The highest BCUT2D eigenvalue weighted by atomic mass is 79.9. The largest absolute Gasteiger partial charge is 0.465 e. The first-order valence-corrected chi connectivity index (χ1v) is 10.4. The van der Waals surface area contributed by atoms with Crippen LogP contribution in [0.25, 0.3) is 21.9 Å². The first-order valence-electron chi connectivity index (χ1n) is 9.57. The molecule has 1 atom stereocenters. The molecule has 0 bridgehead atoms. The number of ether oxygens (including phenoxy) is 2. The Morgan fingerprint density at radius 2 is 2.21 bits per heavy atom. The standard InChI is InChI=1S/C22H20BrN3O3/c1-28-22(27)14-3-5-18-19(10-14)26(12-15-7-9-29-15)20(25-18)11-13-2-4-17(23)21-16(13)6-8-24-21/h2-6,8,10,15,24H,7,9,11-12H2,1H3. The fraction of sp³-hybridized carbons (Fsp3) is 0.273. The van der Waals surface area contributed by atoms with Gasteiger partial charge >= 0.3 is 5.97 Å². The van der Waals surface area contributed by atoms with Gasteiger partial charge < -0.3 is 19.0 Å². The van der Waals surface area contributed by atoms with Crippen LogP contribution in [0.3, 0.4) is 0 Å². The molecule has 1 unspecified atom stereocenters. The van der Waals surface area contributed by atoms with E-state index < -0.39 is 0 Å². The van der Waals surface area contributed by atoms with E-state index in [4.69, 9.17) is 14.5 Å². The average molecular weight is 454 g/mol. The van der Waals surface area contributed by atoms with Gasteiger partial charge in [-0.15, -0.1) is 0 Å². The molecule has 0 aliphatic carbocycles. The number of rotatable bonds is 5. The molecule has 0 radical (unpaired) electrons. The Bertz CT molecular complexity index is 1220. The van der Waals surface area contributed by atoms with Gasteiger partial charge in [-0.05, 0) is 58.2 Å². The van der Waals surface area contributed by atoms with Gasteiger partial charge in [0, 0.05) is 29.1 Å². The van der Waals surface area contributed by atoms with Crippen LogP contribution in [-0.4, -0.2) is 40.3 Å². The summed E-state index contributed by atoms with van der Waals surface area (Å²) < 4.78 is 13.8. The van der Waals surface area contributed by atoms with Crippen molar-refractivity contribution in [2.45, 2.75) is 25.5 Å². The average Bonchev–Trinajstić information content (AvgIpc) is 3.31. The van der Waals surface area contributed by atoms with E-state index in [1.54, 1.807) is 6.07 Å². The Morgan fingerprint density at radius 1 is 1.34 bits per heavy atom. The highest BCUT2D eigenvalue weighted by molar-refractivity contribution is 9.10. The molecular weight excluding hydrogens is 434 g/mol. The third-order valence-electron chi connectivity index (χ3n) is 5.54. The van der Waals surface area contributed by atoms with Crippen LogP contribution in [0.2, 0.25) is 0 Å². The monoisotopic (exact) mass is 453 g/mol. The first kappa shape index (κ1) is 18.4. The molecule has 1 aliphatic heterocycles. The molecule has 1 aliphatic rings. The molecule has 1 N–H and O–H groups in total. The Balaban J connectivity index is 1.61. The summed E-state index contributed by atoms with van der Waals surface area (Å²) in [5, 5.41) is 1.17. The van der Waals surface area contributed by atoms with Crippen molar-refractivity contribution in [2.24, 2.45) is 0 Å². The zero-order chi connectivity index (χ0) is 20.0. The molecule has 0 spiro atoms. The summed E-state index contributed by atoms with van der Waals surface area (Å²) in [7, 11) is 1.40. The minimum atomic E-state index is -0.344. The maximum Gasteiger partial charge on any atom is 0.337 e. The highest BCUT2D eigenvalue weighted by Crippen LogP contribution is 2.29. The van der Waals surface area contributed by atoms with Crippen molar-refractivity contribution in [3.8, 4) is 0 Å². The molecule has 3 heterocycles. The van der Waals surface area contributed by atoms with Gasteiger partial charge in [-0.2, -0.15) is 0 Å². The number of methoxy groups -OCH3 is 1. The molecule has 148 valence electrons. The lowest BCUT2D eigenvalue weighted by Crippen LogP contribution is -2.31. The third-order valence-corrected chi connectivity index (χ3v) is 6.20. The van der Waals surface area contributed by atoms with Crippen molar-refractivity contribution in [1.82, 2.24) is 14.5 Å². The Labute approximate surface area is 176 Å². The van der Waals surface area contributed by atoms with Crippen molar-refractivity contribution in [3.05, 3.63) is 64.0 Å². The number of esters is 1. The second-order valence-electron chi connectivity index (χ2n) is 7.26. The van der Waals surface area contributed by atoms with Gasteiger partial charge in [0.2, 0.25) is 0 Å². The lowest BCUT2D eigenvalue weighted by molar-refractivity contribution is -0.0589. The van der Waals surface area contributed by atoms with Gasteiger partial charge in [0.25, 0.3) is 0 Å². The summed E-state index contributed by atoms with van der Waals surface area (Å²) in [6.07, 6.45) is 3.87. The molecule has 0 saturated carbocycles. The number of aromatic nitrogens is 3. The van der Waals surface area contributed by atoms with Gasteiger partial charge in [-0.25, -0.2) is 9.78 Å². The molecule has 6 nitrogen and oxygen atoms in total. The zero-order valence-electron chi connectivity index (χ0n) is 15.9. The molecule has 5 rings (SSSR count). The summed E-state index contributed by atoms with van der Waals surface area (Å²) in [6, 6.07) is 11.8. The summed E-state index contributed by atoms with van der Waals surface area (Å²) in [5.74, 6) is 0.616. The van der Waals surface area contributed by atoms with Crippen LogP contribution < -0.4 is 0 Å². The number of carbonyl (C=O) groups excluding carboxylic acids is 1. The number of fused-ring (bicyclic) bond motifs is 2. The fourth-order valence-electron chi connectivity index (χ4n) is 3.89. The number of hydrogen-bond acceptors (Lipinski definition) is 4. The second kappa shape index (κ2) is 7.31. The normalized spacial score (nSPS) is 16.3. The van der Waals surface area contributed by atoms with Crippen molar-refractivity contribution in [2.75, 3.05) is 13.7 Å². The minimum absolute atomic E-state index is 0.185. The van der Waals surface area contributed by atoms with Crippen LogP contribution in [0.1, 0.15) is 28.2 Å². The second-order valence-corrected chi connectivity index (χ2v) is 8.12. The van der Waals surface area contributed by atoms with Crippen LogP contribution in [0.15, 0.2) is 47.1 Å². The molecule has 2 aromatic heterocycles. The molecular formula is C22H20BrN3O3. The van der Waals surface area contributed by atoms with E-state index in [0.717, 1.165) is 46.4 Å². The van der Waals surface area contributed by atoms with Crippen LogP contribution in [0, 0.1) is 0 Å². The molecule has 1 saturated heterocycles. The predicted molar refractivity (Wildman–Crippen MR) is 114 cm³/mol. The number of imidazole rings is 1. The Kier molecular flexibility index (Phi) is 4.64. The van der Waals surface area contributed by atoms with Gasteiger partial charge in [0.15, 0.2) is 0 Å². The molecule has 4 aromatic rings. The summed E-state index contributed by atoms with van der Waals surface area (Å²) in [5.41, 5.74) is 4.61. The SMILES string of the molecule is COC(=O)c1ccc2nc(Cc3ccc(Br)c4[nH]ccc34)n(CC3CCO3)c2c1. The number of H-pyrrole nitrogens is 1. The molecule has 0 amide bonds. The van der Waals surface area contributed by atoms with E-state index in [1.807, 2.05) is 18.3 Å². The minimum Gasteiger partial charge on any atom is -0.465 e. The molecule has 7 heteroatoms. The Hall–Kier alpha value is -2.64. The van der Waals surface area contributed by atoms with Crippen molar-refractivity contribution in [3.63, 3.8) is 0 Å².